The lowest BCUT2D eigenvalue weighted by atomic mass is 9.95. The summed E-state index contributed by atoms with van der Waals surface area (Å²) in [4.78, 5) is 14.5. The van der Waals surface area contributed by atoms with Crippen molar-refractivity contribution in [2.75, 3.05) is 26.2 Å². The van der Waals surface area contributed by atoms with Crippen LogP contribution in [-0.4, -0.2) is 49.1 Å². The van der Waals surface area contributed by atoms with Crippen molar-refractivity contribution in [2.45, 2.75) is 70.4 Å². The van der Waals surface area contributed by atoms with E-state index in [4.69, 9.17) is 0 Å². The van der Waals surface area contributed by atoms with E-state index in [1.54, 1.807) is 0 Å². The van der Waals surface area contributed by atoms with Gasteiger partial charge in [0.25, 0.3) is 0 Å². The second-order valence-corrected chi connectivity index (χ2v) is 6.40. The van der Waals surface area contributed by atoms with Crippen LogP contribution in [0.5, 0.6) is 0 Å². The maximum Gasteiger partial charge on any atom is 0.234 e. The molecule has 0 aromatic heterocycles. The lowest BCUT2D eigenvalue weighted by molar-refractivity contribution is -0.121. The molecule has 4 nitrogen and oxygen atoms in total. The molecule has 2 N–H and O–H groups in total. The van der Waals surface area contributed by atoms with Gasteiger partial charge in [-0.25, -0.2) is 0 Å². The van der Waals surface area contributed by atoms with E-state index in [0.29, 0.717) is 18.6 Å². The van der Waals surface area contributed by atoms with E-state index in [-0.39, 0.29) is 5.91 Å². The summed E-state index contributed by atoms with van der Waals surface area (Å²) in [5.41, 5.74) is 0. The first kappa shape index (κ1) is 15.8. The van der Waals surface area contributed by atoms with Gasteiger partial charge in [-0.2, -0.15) is 0 Å². The average Bonchev–Trinajstić information content (AvgIpc) is 2.48. The number of likely N-dealkylation sites (tertiary alicyclic amines) is 1. The molecular weight excluding hydrogens is 250 g/mol. The van der Waals surface area contributed by atoms with Gasteiger partial charge in [-0.3, -0.25) is 4.79 Å². The highest BCUT2D eigenvalue weighted by molar-refractivity contribution is 5.78. The highest BCUT2D eigenvalue weighted by Gasteiger charge is 2.20. The van der Waals surface area contributed by atoms with Gasteiger partial charge in [-0.15, -0.1) is 0 Å². The monoisotopic (exact) mass is 281 g/mol. The number of carbonyl (C=O) groups excluding carboxylic acids is 1. The fourth-order valence-corrected chi connectivity index (χ4v) is 3.44. The quantitative estimate of drug-likeness (QED) is 0.781. The van der Waals surface area contributed by atoms with E-state index in [1.807, 2.05) is 0 Å². The van der Waals surface area contributed by atoms with Crippen LogP contribution in [0.2, 0.25) is 0 Å². The van der Waals surface area contributed by atoms with Crippen LogP contribution in [-0.2, 0) is 4.79 Å². The van der Waals surface area contributed by atoms with Crippen LogP contribution in [0.3, 0.4) is 0 Å². The number of hydrogen-bond donors (Lipinski definition) is 2. The molecule has 1 amide bonds. The first-order chi connectivity index (χ1) is 9.78. The molecule has 0 radical (unpaired) electrons. The Kier molecular flexibility index (Phi) is 6.80. The third-order valence-electron chi connectivity index (χ3n) is 4.65. The van der Waals surface area contributed by atoms with Crippen molar-refractivity contribution in [3.05, 3.63) is 0 Å². The summed E-state index contributed by atoms with van der Waals surface area (Å²) >= 11 is 0. The summed E-state index contributed by atoms with van der Waals surface area (Å²) in [5, 5.41) is 6.61. The van der Waals surface area contributed by atoms with Crippen molar-refractivity contribution in [3.63, 3.8) is 0 Å². The highest BCUT2D eigenvalue weighted by Crippen LogP contribution is 2.17. The molecule has 0 bridgehead atoms. The Bertz CT molecular complexity index is 281. The predicted molar refractivity (Wildman–Crippen MR) is 82.8 cm³/mol. The van der Waals surface area contributed by atoms with E-state index in [1.165, 1.54) is 71.0 Å². The van der Waals surface area contributed by atoms with E-state index >= 15 is 0 Å². The van der Waals surface area contributed by atoms with Gasteiger partial charge in [0.15, 0.2) is 0 Å². The fraction of sp³-hybridized carbons (Fsp3) is 0.938. The molecule has 4 heteroatoms. The summed E-state index contributed by atoms with van der Waals surface area (Å²) in [5.74, 6) is 0.188. The van der Waals surface area contributed by atoms with Crippen molar-refractivity contribution >= 4 is 5.91 Å². The standard InChI is InChI=1S/C16H31N3O/c1-2-10-19-11-8-14(9-12-19)17-13-16(20)18-15-6-4-3-5-7-15/h14-15,17H,2-13H2,1H3,(H,18,20). The minimum absolute atomic E-state index is 0.188. The van der Waals surface area contributed by atoms with Gasteiger partial charge in [0, 0.05) is 12.1 Å². The molecule has 1 saturated heterocycles. The normalized spacial score (nSPS) is 22.9. The van der Waals surface area contributed by atoms with Crippen LogP contribution in [0, 0.1) is 0 Å². The number of amides is 1. The molecule has 1 aliphatic carbocycles. The Labute approximate surface area is 123 Å². The second-order valence-electron chi connectivity index (χ2n) is 6.40. The van der Waals surface area contributed by atoms with Gasteiger partial charge in [0.1, 0.15) is 0 Å². The third kappa shape index (κ3) is 5.41. The van der Waals surface area contributed by atoms with Crippen LogP contribution >= 0.6 is 0 Å². The molecule has 0 aromatic carbocycles. The molecule has 2 aliphatic rings. The van der Waals surface area contributed by atoms with Gasteiger partial charge >= 0.3 is 0 Å². The van der Waals surface area contributed by atoms with Crippen molar-refractivity contribution in [1.82, 2.24) is 15.5 Å². The average molecular weight is 281 g/mol. The molecule has 20 heavy (non-hydrogen) atoms. The number of nitrogens with zero attached hydrogens (tertiary/aromatic N) is 1. The Morgan fingerprint density at radius 1 is 1.05 bits per heavy atom. The Morgan fingerprint density at radius 3 is 2.40 bits per heavy atom. The summed E-state index contributed by atoms with van der Waals surface area (Å²) in [7, 11) is 0. The number of rotatable bonds is 6. The number of carbonyl (C=O) groups is 1. The lowest BCUT2D eigenvalue weighted by Crippen LogP contribution is -2.47. The Morgan fingerprint density at radius 2 is 1.75 bits per heavy atom. The Hall–Kier alpha value is -0.610. The third-order valence-corrected chi connectivity index (χ3v) is 4.65. The van der Waals surface area contributed by atoms with E-state index in [9.17, 15) is 4.79 Å². The minimum Gasteiger partial charge on any atom is -0.352 e. The maximum atomic E-state index is 11.9. The SMILES string of the molecule is CCCN1CCC(NCC(=O)NC2CCCCC2)CC1. The highest BCUT2D eigenvalue weighted by atomic mass is 16.1. The first-order valence-corrected chi connectivity index (χ1v) is 8.53. The number of piperidine rings is 1. The second kappa shape index (κ2) is 8.63. The molecule has 1 aliphatic heterocycles. The maximum absolute atomic E-state index is 11.9. The number of nitrogens with one attached hydrogen (secondary N) is 2. The predicted octanol–water partition coefficient (Wildman–Crippen LogP) is 1.90. The molecule has 0 spiro atoms. The zero-order valence-corrected chi connectivity index (χ0v) is 13.0. The molecule has 116 valence electrons. The van der Waals surface area contributed by atoms with Gasteiger partial charge in [-0.05, 0) is 51.7 Å². The van der Waals surface area contributed by atoms with E-state index in [0.717, 1.165) is 0 Å². The summed E-state index contributed by atoms with van der Waals surface area (Å²) in [6.45, 7) is 6.30. The van der Waals surface area contributed by atoms with Crippen molar-refractivity contribution in [1.29, 1.82) is 0 Å². The molecule has 1 heterocycles. The molecule has 0 aromatic rings. The summed E-state index contributed by atoms with van der Waals surface area (Å²) in [6.07, 6.45) is 9.81. The molecular formula is C16H31N3O. The van der Waals surface area contributed by atoms with Crippen molar-refractivity contribution < 1.29 is 4.79 Å². The Balaban J connectivity index is 1.57. The van der Waals surface area contributed by atoms with Crippen LogP contribution in [0.1, 0.15) is 58.3 Å². The van der Waals surface area contributed by atoms with Gasteiger partial charge in [0.2, 0.25) is 5.91 Å². The first-order valence-electron chi connectivity index (χ1n) is 8.53. The molecule has 0 atom stereocenters. The molecule has 0 unspecified atom stereocenters. The van der Waals surface area contributed by atoms with Crippen molar-refractivity contribution in [3.8, 4) is 0 Å². The number of hydrogen-bond acceptors (Lipinski definition) is 3. The summed E-state index contributed by atoms with van der Waals surface area (Å²) < 4.78 is 0. The zero-order chi connectivity index (χ0) is 14.2. The van der Waals surface area contributed by atoms with Crippen molar-refractivity contribution in [2.24, 2.45) is 0 Å². The van der Waals surface area contributed by atoms with Gasteiger partial charge in [0.05, 0.1) is 6.54 Å². The van der Waals surface area contributed by atoms with Crippen LogP contribution in [0.15, 0.2) is 0 Å². The minimum atomic E-state index is 0.188. The smallest absolute Gasteiger partial charge is 0.234 e. The topological polar surface area (TPSA) is 44.4 Å². The molecule has 2 rings (SSSR count). The van der Waals surface area contributed by atoms with Crippen LogP contribution in [0.25, 0.3) is 0 Å². The van der Waals surface area contributed by atoms with Crippen LogP contribution < -0.4 is 10.6 Å². The zero-order valence-electron chi connectivity index (χ0n) is 13.0. The summed E-state index contributed by atoms with van der Waals surface area (Å²) in [6, 6.07) is 0.963. The van der Waals surface area contributed by atoms with Crippen LogP contribution in [0.4, 0.5) is 0 Å². The fourth-order valence-electron chi connectivity index (χ4n) is 3.44. The molecule has 1 saturated carbocycles. The molecule has 2 fully saturated rings. The lowest BCUT2D eigenvalue weighted by Gasteiger charge is -2.32. The van der Waals surface area contributed by atoms with Gasteiger partial charge < -0.3 is 15.5 Å². The largest absolute Gasteiger partial charge is 0.352 e. The van der Waals surface area contributed by atoms with Gasteiger partial charge in [-0.1, -0.05) is 26.2 Å². The van der Waals surface area contributed by atoms with E-state index in [2.05, 4.69) is 22.5 Å². The van der Waals surface area contributed by atoms with E-state index < -0.39 is 0 Å².